The van der Waals surface area contributed by atoms with Crippen molar-refractivity contribution in [1.82, 2.24) is 10.1 Å². The molecule has 2 aromatic heterocycles. The van der Waals surface area contributed by atoms with E-state index in [4.69, 9.17) is 16.1 Å². The highest BCUT2D eigenvalue weighted by molar-refractivity contribution is 7.17. The number of fused-ring (bicyclic) bond motifs is 1. The molecule has 0 saturated carbocycles. The maximum Gasteiger partial charge on any atom is 0.279 e. The van der Waals surface area contributed by atoms with Crippen LogP contribution in [0, 0.1) is 5.41 Å². The molecule has 1 amide bonds. The van der Waals surface area contributed by atoms with Gasteiger partial charge in [0, 0.05) is 23.1 Å². The number of anilines is 1. The third-order valence-corrected chi connectivity index (χ3v) is 5.60. The van der Waals surface area contributed by atoms with Crippen LogP contribution in [0.25, 0.3) is 11.3 Å². The molecule has 1 N–H and O–H groups in total. The number of nitrogens with one attached hydrogen (secondary N) is 1. The summed E-state index contributed by atoms with van der Waals surface area (Å²) in [5, 5.41) is 7.48. The van der Waals surface area contributed by atoms with Crippen LogP contribution in [0.15, 0.2) is 34.9 Å². The van der Waals surface area contributed by atoms with E-state index in [2.05, 4.69) is 15.5 Å². The number of hydrogen-bond donors (Lipinski definition) is 1. The van der Waals surface area contributed by atoms with Gasteiger partial charge in [-0.2, -0.15) is 0 Å². The maximum absolute atomic E-state index is 12.5. The monoisotopic (exact) mass is 401 g/mol. The van der Waals surface area contributed by atoms with Gasteiger partial charge in [0.05, 0.1) is 10.6 Å². The zero-order valence-corrected chi connectivity index (χ0v) is 16.3. The predicted molar refractivity (Wildman–Crippen MR) is 103 cm³/mol. The minimum atomic E-state index is -0.440. The van der Waals surface area contributed by atoms with Crippen molar-refractivity contribution < 1.29 is 14.1 Å². The van der Waals surface area contributed by atoms with E-state index < -0.39 is 5.91 Å². The van der Waals surface area contributed by atoms with Gasteiger partial charge in [-0.1, -0.05) is 54.1 Å². The Balaban J connectivity index is 1.53. The summed E-state index contributed by atoms with van der Waals surface area (Å²) < 4.78 is 5.25. The molecular weight excluding hydrogens is 386 g/mol. The van der Waals surface area contributed by atoms with Gasteiger partial charge in [0.15, 0.2) is 22.4 Å². The Hall–Kier alpha value is -2.51. The minimum absolute atomic E-state index is 0.0731. The molecule has 138 valence electrons. The van der Waals surface area contributed by atoms with Crippen LogP contribution in [0.5, 0.6) is 0 Å². The van der Waals surface area contributed by atoms with Gasteiger partial charge >= 0.3 is 0 Å². The summed E-state index contributed by atoms with van der Waals surface area (Å²) in [6, 6.07) is 8.63. The molecule has 0 fully saturated rings. The van der Waals surface area contributed by atoms with E-state index in [9.17, 15) is 9.59 Å². The number of carbonyl (C=O) groups is 2. The van der Waals surface area contributed by atoms with Crippen molar-refractivity contribution >= 4 is 39.8 Å². The van der Waals surface area contributed by atoms with Crippen molar-refractivity contribution in [3.8, 4) is 11.3 Å². The molecule has 1 aliphatic carbocycles. The van der Waals surface area contributed by atoms with Crippen molar-refractivity contribution in [2.75, 3.05) is 5.32 Å². The zero-order chi connectivity index (χ0) is 19.2. The van der Waals surface area contributed by atoms with Crippen LogP contribution in [0.4, 0.5) is 5.13 Å². The lowest BCUT2D eigenvalue weighted by Crippen LogP contribution is -2.26. The lowest BCUT2D eigenvalue weighted by Gasteiger charge is -2.26. The smallest absolute Gasteiger partial charge is 0.279 e. The SMILES string of the molecule is CC1(C)CC(=O)c2sc(NC(=O)c3cc(-c4cccc(Cl)c4)on3)nc2C1. The number of rotatable bonds is 3. The van der Waals surface area contributed by atoms with Gasteiger partial charge in [0.2, 0.25) is 0 Å². The number of thiazole rings is 1. The third kappa shape index (κ3) is 3.65. The van der Waals surface area contributed by atoms with E-state index in [1.807, 2.05) is 19.9 Å². The highest BCUT2D eigenvalue weighted by atomic mass is 35.5. The van der Waals surface area contributed by atoms with Gasteiger partial charge in [0.1, 0.15) is 0 Å². The first kappa shape index (κ1) is 17.9. The second kappa shape index (κ2) is 6.58. The van der Waals surface area contributed by atoms with Crippen molar-refractivity contribution in [1.29, 1.82) is 0 Å². The normalized spacial score (nSPS) is 15.4. The predicted octanol–water partition coefficient (Wildman–Crippen LogP) is 4.86. The van der Waals surface area contributed by atoms with Gasteiger partial charge < -0.3 is 4.52 Å². The summed E-state index contributed by atoms with van der Waals surface area (Å²) in [7, 11) is 0. The largest absolute Gasteiger partial charge is 0.355 e. The number of Topliss-reactive ketones (excluding diaryl/α,β-unsaturated/α-hetero) is 1. The number of carbonyl (C=O) groups excluding carboxylic acids is 2. The van der Waals surface area contributed by atoms with Crippen molar-refractivity contribution in [2.24, 2.45) is 5.41 Å². The van der Waals surface area contributed by atoms with Gasteiger partial charge in [-0.05, 0) is 24.0 Å². The van der Waals surface area contributed by atoms with E-state index in [0.29, 0.717) is 33.6 Å². The molecule has 0 bridgehead atoms. The fourth-order valence-corrected chi connectivity index (χ4v) is 4.20. The molecule has 0 atom stereocenters. The number of nitrogens with zero attached hydrogens (tertiary/aromatic N) is 2. The van der Waals surface area contributed by atoms with Crippen LogP contribution in [0.3, 0.4) is 0 Å². The first-order valence-electron chi connectivity index (χ1n) is 8.38. The molecule has 2 heterocycles. The topological polar surface area (TPSA) is 85.1 Å². The van der Waals surface area contributed by atoms with Crippen LogP contribution in [-0.4, -0.2) is 21.8 Å². The van der Waals surface area contributed by atoms with Gasteiger partial charge in [-0.3, -0.25) is 14.9 Å². The molecule has 0 aliphatic heterocycles. The summed E-state index contributed by atoms with van der Waals surface area (Å²) in [6.07, 6.45) is 1.20. The van der Waals surface area contributed by atoms with Crippen LogP contribution in [-0.2, 0) is 6.42 Å². The van der Waals surface area contributed by atoms with E-state index in [-0.39, 0.29) is 16.9 Å². The van der Waals surface area contributed by atoms with Gasteiger partial charge in [-0.15, -0.1) is 0 Å². The lowest BCUT2D eigenvalue weighted by molar-refractivity contribution is 0.0915. The summed E-state index contributed by atoms with van der Waals surface area (Å²) >= 11 is 7.18. The minimum Gasteiger partial charge on any atom is -0.355 e. The molecule has 0 unspecified atom stereocenters. The fraction of sp³-hybridized carbons (Fsp3) is 0.263. The molecule has 27 heavy (non-hydrogen) atoms. The first-order valence-corrected chi connectivity index (χ1v) is 9.57. The molecule has 6 nitrogen and oxygen atoms in total. The molecule has 0 saturated heterocycles. The first-order chi connectivity index (χ1) is 12.8. The second-order valence-electron chi connectivity index (χ2n) is 7.28. The molecule has 0 radical (unpaired) electrons. The van der Waals surface area contributed by atoms with Crippen molar-refractivity contribution in [3.63, 3.8) is 0 Å². The van der Waals surface area contributed by atoms with Gasteiger partial charge in [-0.25, -0.2) is 4.98 Å². The number of hydrogen-bond acceptors (Lipinski definition) is 6. The average molecular weight is 402 g/mol. The highest BCUT2D eigenvalue weighted by Gasteiger charge is 2.34. The Morgan fingerprint density at radius 2 is 2.11 bits per heavy atom. The van der Waals surface area contributed by atoms with Crippen LogP contribution >= 0.6 is 22.9 Å². The van der Waals surface area contributed by atoms with Crippen LogP contribution in [0.1, 0.15) is 46.1 Å². The maximum atomic E-state index is 12.5. The Morgan fingerprint density at radius 3 is 2.89 bits per heavy atom. The van der Waals surface area contributed by atoms with Gasteiger partial charge in [0.25, 0.3) is 5.91 Å². The molecular formula is C19H16ClN3O3S. The van der Waals surface area contributed by atoms with E-state index >= 15 is 0 Å². The Labute approximate surface area is 164 Å². The second-order valence-corrected chi connectivity index (χ2v) is 8.71. The molecule has 3 aromatic rings. The number of amides is 1. The van der Waals surface area contributed by atoms with E-state index in [1.165, 1.54) is 11.3 Å². The Kier molecular flexibility index (Phi) is 4.36. The molecule has 1 aromatic carbocycles. The summed E-state index contributed by atoms with van der Waals surface area (Å²) in [6.45, 7) is 4.08. The number of aromatic nitrogens is 2. The lowest BCUT2D eigenvalue weighted by atomic mass is 9.78. The van der Waals surface area contributed by atoms with Crippen LogP contribution in [0.2, 0.25) is 5.02 Å². The van der Waals surface area contributed by atoms with Crippen LogP contribution < -0.4 is 5.32 Å². The average Bonchev–Trinajstić information content (AvgIpc) is 3.21. The zero-order valence-electron chi connectivity index (χ0n) is 14.7. The number of halogens is 1. The summed E-state index contributed by atoms with van der Waals surface area (Å²) in [5.74, 6) is 0.0757. The fourth-order valence-electron chi connectivity index (χ4n) is 3.09. The highest BCUT2D eigenvalue weighted by Crippen LogP contribution is 2.38. The number of ketones is 1. The number of benzene rings is 1. The molecule has 8 heteroatoms. The van der Waals surface area contributed by atoms with Crippen molar-refractivity contribution in [2.45, 2.75) is 26.7 Å². The molecule has 0 spiro atoms. The van der Waals surface area contributed by atoms with E-state index in [0.717, 1.165) is 11.3 Å². The standard InChI is InChI=1S/C19H16ClN3O3S/c1-19(2)8-13-16(14(24)9-19)27-18(21-13)22-17(25)12-7-15(26-23-12)10-4-3-5-11(20)6-10/h3-7H,8-9H2,1-2H3,(H,21,22,25). The Bertz CT molecular complexity index is 1050. The quantitative estimate of drug-likeness (QED) is 0.677. The van der Waals surface area contributed by atoms with E-state index in [1.54, 1.807) is 24.3 Å². The van der Waals surface area contributed by atoms with Crippen molar-refractivity contribution in [3.05, 3.63) is 51.6 Å². The third-order valence-electron chi connectivity index (χ3n) is 4.31. The summed E-state index contributed by atoms with van der Waals surface area (Å²) in [5.41, 5.74) is 1.49. The Morgan fingerprint density at radius 1 is 1.30 bits per heavy atom. The molecule has 4 rings (SSSR count). The molecule has 1 aliphatic rings. The summed E-state index contributed by atoms with van der Waals surface area (Å²) in [4.78, 5) is 29.8.